The highest BCUT2D eigenvalue weighted by molar-refractivity contribution is 6.30. The van der Waals surface area contributed by atoms with Gasteiger partial charge in [-0.05, 0) is 148 Å². The molecular formula is C42H56ClNO6. The zero-order chi connectivity index (χ0) is 36.4. The molecule has 4 aliphatic carbocycles. The molecule has 272 valence electrons. The lowest BCUT2D eigenvalue weighted by Crippen LogP contribution is -2.57. The van der Waals surface area contributed by atoms with Crippen LogP contribution in [0.15, 0.2) is 46.0 Å². The predicted octanol–water partition coefficient (Wildman–Crippen LogP) is 10.2. The van der Waals surface area contributed by atoms with Crippen LogP contribution in [0, 0.1) is 45.8 Å². The van der Waals surface area contributed by atoms with Crippen molar-refractivity contribution in [3.8, 4) is 11.3 Å². The van der Waals surface area contributed by atoms with Crippen molar-refractivity contribution >= 4 is 29.3 Å². The van der Waals surface area contributed by atoms with Gasteiger partial charge in [-0.3, -0.25) is 14.4 Å². The van der Waals surface area contributed by atoms with Gasteiger partial charge in [0.25, 0.3) is 0 Å². The van der Waals surface area contributed by atoms with E-state index in [2.05, 4.69) is 34.6 Å². The third-order valence-corrected chi connectivity index (χ3v) is 14.2. The van der Waals surface area contributed by atoms with Crippen molar-refractivity contribution in [2.45, 2.75) is 131 Å². The molecule has 0 amide bonds. The third-order valence-electron chi connectivity index (χ3n) is 14.0. The summed E-state index contributed by atoms with van der Waals surface area (Å²) in [6, 6.07) is 7.62. The van der Waals surface area contributed by atoms with Gasteiger partial charge in [0, 0.05) is 17.0 Å². The zero-order valence-electron chi connectivity index (χ0n) is 31.2. The molecule has 1 aromatic carbocycles. The topological polar surface area (TPSA) is 107 Å². The Bertz CT molecular complexity index is 1670. The fourth-order valence-electron chi connectivity index (χ4n) is 11.0. The number of ketones is 1. The number of rotatable bonds is 10. The number of ether oxygens (including phenoxy) is 1. The quantitative estimate of drug-likeness (QED) is 0.245. The van der Waals surface area contributed by atoms with Gasteiger partial charge >= 0.3 is 11.9 Å². The maximum atomic E-state index is 14.0. The standard InChI is InChI=1S/C42H56ClNO6/c1-24(2)35-31(45)21-42(37-44-23-32(50-37)27-9-11-28(43)12-10-27)20-17-30-29(36(35)42)13-14-33-40(7,25(3)15-18-41(30,33)8)19-16-26(4)49-34(46)22-39(5,6)38(47)48/h9-12,23-26,29-30,33H,13-22H2,1-8H3,(H,47,48). The first kappa shape index (κ1) is 36.8. The van der Waals surface area contributed by atoms with Gasteiger partial charge in [0.1, 0.15) is 0 Å². The first-order valence-electron chi connectivity index (χ1n) is 18.9. The number of carboxylic acid groups (broad SMARTS) is 1. The van der Waals surface area contributed by atoms with E-state index in [0.717, 1.165) is 56.1 Å². The van der Waals surface area contributed by atoms with Crippen molar-refractivity contribution in [3.05, 3.63) is 52.5 Å². The molecule has 0 bridgehead atoms. The van der Waals surface area contributed by atoms with Crippen LogP contribution < -0.4 is 0 Å². The van der Waals surface area contributed by atoms with Crippen LogP contribution in [0.1, 0.15) is 125 Å². The highest BCUT2D eigenvalue weighted by Gasteiger charge is 2.64. The summed E-state index contributed by atoms with van der Waals surface area (Å²) in [5.41, 5.74) is 1.81. The van der Waals surface area contributed by atoms with E-state index in [1.165, 1.54) is 12.0 Å². The Balaban J connectivity index is 1.26. The molecule has 8 heteroatoms. The molecule has 0 spiro atoms. The van der Waals surface area contributed by atoms with E-state index in [4.69, 9.17) is 25.7 Å². The van der Waals surface area contributed by atoms with Gasteiger partial charge in [0.05, 0.1) is 29.6 Å². The number of Topliss-reactive ketones (excluding diaryl/α,β-unsaturated/α-hetero) is 1. The average Bonchev–Trinajstić information content (AvgIpc) is 3.66. The van der Waals surface area contributed by atoms with Crippen molar-refractivity contribution in [3.63, 3.8) is 0 Å². The third kappa shape index (κ3) is 6.17. The molecule has 2 aromatic rings. The van der Waals surface area contributed by atoms with Crippen molar-refractivity contribution < 1.29 is 28.6 Å². The Hall–Kier alpha value is -2.93. The second kappa shape index (κ2) is 13.2. The van der Waals surface area contributed by atoms with Gasteiger partial charge in [-0.2, -0.15) is 0 Å². The van der Waals surface area contributed by atoms with Crippen LogP contribution in [-0.4, -0.2) is 33.9 Å². The largest absolute Gasteiger partial charge is 0.481 e. The van der Waals surface area contributed by atoms with Crippen LogP contribution in [-0.2, 0) is 24.5 Å². The van der Waals surface area contributed by atoms with Crippen molar-refractivity contribution in [1.82, 2.24) is 4.98 Å². The Morgan fingerprint density at radius 3 is 2.44 bits per heavy atom. The highest BCUT2D eigenvalue weighted by Crippen LogP contribution is 2.70. The lowest BCUT2D eigenvalue weighted by molar-refractivity contribution is -0.160. The summed E-state index contributed by atoms with van der Waals surface area (Å²) >= 11 is 6.16. The van der Waals surface area contributed by atoms with Crippen molar-refractivity contribution in [2.24, 2.45) is 45.8 Å². The maximum Gasteiger partial charge on any atom is 0.309 e. The number of hydrogen-bond donors (Lipinski definition) is 1. The predicted molar refractivity (Wildman–Crippen MR) is 194 cm³/mol. The van der Waals surface area contributed by atoms with Crippen LogP contribution in [0.25, 0.3) is 11.3 Å². The molecule has 0 radical (unpaired) electrons. The summed E-state index contributed by atoms with van der Waals surface area (Å²) < 4.78 is 12.4. The minimum absolute atomic E-state index is 0.0737. The molecule has 7 nitrogen and oxygen atoms in total. The minimum Gasteiger partial charge on any atom is -0.481 e. The van der Waals surface area contributed by atoms with Gasteiger partial charge in [-0.25, -0.2) is 4.98 Å². The minimum atomic E-state index is -1.15. The van der Waals surface area contributed by atoms with Crippen molar-refractivity contribution in [1.29, 1.82) is 0 Å². The Morgan fingerprint density at radius 1 is 1.08 bits per heavy atom. The average molecular weight is 706 g/mol. The number of aliphatic carboxylic acids is 1. The zero-order valence-corrected chi connectivity index (χ0v) is 32.0. The van der Waals surface area contributed by atoms with Gasteiger partial charge in [-0.1, -0.05) is 46.2 Å². The van der Waals surface area contributed by atoms with E-state index in [0.29, 0.717) is 46.8 Å². The summed E-state index contributed by atoms with van der Waals surface area (Å²) in [5.74, 6) is 2.16. The number of hydrogen-bond acceptors (Lipinski definition) is 6. The molecule has 8 atom stereocenters. The second-order valence-electron chi connectivity index (χ2n) is 17.7. The smallest absolute Gasteiger partial charge is 0.309 e. The summed E-state index contributed by atoms with van der Waals surface area (Å²) in [5, 5.41) is 10.1. The lowest BCUT2D eigenvalue weighted by atomic mass is 9.40. The first-order chi connectivity index (χ1) is 23.4. The van der Waals surface area contributed by atoms with Crippen molar-refractivity contribution in [2.75, 3.05) is 0 Å². The molecule has 50 heavy (non-hydrogen) atoms. The fourth-order valence-corrected chi connectivity index (χ4v) is 11.2. The van der Waals surface area contributed by atoms with E-state index in [1.807, 2.05) is 37.4 Å². The Morgan fingerprint density at radius 2 is 1.78 bits per heavy atom. The van der Waals surface area contributed by atoms with Crippen LogP contribution >= 0.6 is 11.6 Å². The fraction of sp³-hybridized carbons (Fsp3) is 0.667. The number of carbonyl (C=O) groups excluding carboxylic acids is 2. The van der Waals surface area contributed by atoms with Gasteiger partial charge in [0.2, 0.25) is 5.89 Å². The van der Waals surface area contributed by atoms with Crippen LogP contribution in [0.4, 0.5) is 0 Å². The van der Waals surface area contributed by atoms with Crippen LogP contribution in [0.2, 0.25) is 5.02 Å². The SMILES string of the molecule is CC(CCC1(C)C(C)CCC2(C)C3CCC4(c5ncc(-c6ccc(Cl)cc6)o5)CC(=O)C(C(C)C)=C4C3CCC12)OC(=O)CC(C)(C)C(=O)O. The van der Waals surface area contributed by atoms with Gasteiger partial charge in [-0.15, -0.1) is 0 Å². The Labute approximate surface area is 303 Å². The molecule has 6 rings (SSSR count). The molecule has 1 aromatic heterocycles. The van der Waals surface area contributed by atoms with E-state index in [9.17, 15) is 19.5 Å². The Kier molecular flexibility index (Phi) is 9.76. The number of carboxylic acids is 1. The molecule has 1 N–H and O–H groups in total. The van der Waals surface area contributed by atoms with Gasteiger partial charge in [0.15, 0.2) is 11.5 Å². The molecule has 8 unspecified atom stereocenters. The number of fused-ring (bicyclic) bond motifs is 5. The van der Waals surface area contributed by atoms with Crippen LogP contribution in [0.3, 0.4) is 0 Å². The monoisotopic (exact) mass is 705 g/mol. The maximum absolute atomic E-state index is 14.0. The number of benzene rings is 1. The van der Waals surface area contributed by atoms with E-state index in [1.54, 1.807) is 13.8 Å². The first-order valence-corrected chi connectivity index (χ1v) is 19.2. The molecule has 0 saturated heterocycles. The normalized spacial score (nSPS) is 33.1. The van der Waals surface area contributed by atoms with E-state index >= 15 is 0 Å². The van der Waals surface area contributed by atoms with E-state index < -0.39 is 22.8 Å². The number of esters is 1. The molecular weight excluding hydrogens is 650 g/mol. The second-order valence-corrected chi connectivity index (χ2v) is 18.2. The van der Waals surface area contributed by atoms with E-state index in [-0.39, 0.29) is 35.1 Å². The lowest BCUT2D eigenvalue weighted by Gasteiger charge is -2.64. The number of oxazole rings is 1. The van der Waals surface area contributed by atoms with Crippen LogP contribution in [0.5, 0.6) is 0 Å². The highest BCUT2D eigenvalue weighted by atomic mass is 35.5. The molecule has 3 fully saturated rings. The number of halogens is 1. The number of nitrogens with zero attached hydrogens (tertiary/aromatic N) is 1. The number of allylic oxidation sites excluding steroid dienone is 2. The molecule has 1 heterocycles. The molecule has 4 aliphatic rings. The summed E-state index contributed by atoms with van der Waals surface area (Å²) in [7, 11) is 0. The summed E-state index contributed by atoms with van der Waals surface area (Å²) in [6.45, 7) is 16.8. The molecule has 0 aliphatic heterocycles. The summed E-state index contributed by atoms with van der Waals surface area (Å²) in [6.07, 6.45) is 9.91. The number of carbonyl (C=O) groups is 3. The molecule has 3 saturated carbocycles. The van der Waals surface area contributed by atoms with Gasteiger partial charge < -0.3 is 14.3 Å². The summed E-state index contributed by atoms with van der Waals surface area (Å²) in [4.78, 5) is 43.1. The number of aromatic nitrogens is 1.